The van der Waals surface area contributed by atoms with Gasteiger partial charge in [0, 0.05) is 0 Å². The van der Waals surface area contributed by atoms with E-state index in [9.17, 15) is 0 Å². The molecule has 0 amide bonds. The highest BCUT2D eigenvalue weighted by atomic mass is 16.5. The minimum absolute atomic E-state index is 0. The van der Waals surface area contributed by atoms with Gasteiger partial charge in [-0.3, -0.25) is 8.97 Å². The normalized spacial score (nSPS) is 11.6. The Morgan fingerprint density at radius 1 is 0.586 bits per heavy atom. The van der Waals surface area contributed by atoms with Crippen LogP contribution in [0.15, 0.2) is 0 Å². The molecule has 0 rings (SSSR count). The van der Waals surface area contributed by atoms with Crippen LogP contribution in [0.1, 0.15) is 73.3 Å². The minimum atomic E-state index is 0. The molecule has 0 aromatic rings. The maximum absolute atomic E-state index is 8.81. The van der Waals surface area contributed by atoms with Gasteiger partial charge in [0.2, 0.25) is 6.67 Å². The molecule has 0 aliphatic rings. The molecule has 0 aromatic carbocycles. The molecule has 0 spiro atoms. The maximum atomic E-state index is 8.81. The Kier molecular flexibility index (Phi) is 54.3. The Bertz CT molecular complexity index is 250. The van der Waals surface area contributed by atoms with Gasteiger partial charge in [0.1, 0.15) is 25.3 Å². The highest BCUT2D eigenvalue weighted by Gasteiger charge is 2.30. The van der Waals surface area contributed by atoms with Gasteiger partial charge in [-0.25, -0.2) is 0 Å². The molecule has 0 heterocycles. The molecule has 0 fully saturated rings. The van der Waals surface area contributed by atoms with Crippen LogP contribution in [0.2, 0.25) is 0 Å². The predicted molar refractivity (Wildman–Crippen MR) is 138 cm³/mol. The molecule has 29 heavy (non-hydrogen) atoms. The Hall–Kier alpha value is -0.240. The maximum Gasteiger partial charge on any atom is 0.206 e. The summed E-state index contributed by atoms with van der Waals surface area (Å²) in [6.45, 7) is 7.76. The van der Waals surface area contributed by atoms with E-state index in [1.807, 2.05) is 13.8 Å². The second-order valence-electron chi connectivity index (χ2n) is 7.19. The van der Waals surface area contributed by atoms with Gasteiger partial charge in [0.05, 0.1) is 54.6 Å². The number of quaternary nitrogens is 2. The summed E-state index contributed by atoms with van der Waals surface area (Å²) in [5.74, 6) is 0. The van der Waals surface area contributed by atoms with Crippen molar-refractivity contribution in [3.05, 3.63) is 0 Å². The number of ether oxygens (including phenoxy) is 2. The van der Waals surface area contributed by atoms with Crippen molar-refractivity contribution in [3.8, 4) is 0 Å². The van der Waals surface area contributed by atoms with E-state index in [-0.39, 0.29) is 84.8 Å². The molecule has 0 aliphatic carbocycles. The molecule has 0 bridgehead atoms. The molecule has 0 saturated carbocycles. The fraction of sp³-hybridized carbons (Fsp3) is 1.00. The summed E-state index contributed by atoms with van der Waals surface area (Å²) in [5.41, 5.74) is 0. The molecular formula is C23H68N2O4+2. The zero-order chi connectivity index (χ0) is 16.5. The molecule has 6 nitrogen and oxygen atoms in total. The van der Waals surface area contributed by atoms with Crippen LogP contribution in [0.3, 0.4) is 0 Å². The van der Waals surface area contributed by atoms with Crippen LogP contribution in [0.5, 0.6) is 0 Å². The van der Waals surface area contributed by atoms with Crippen molar-refractivity contribution < 1.29 is 28.7 Å². The van der Waals surface area contributed by atoms with Crippen LogP contribution in [-0.4, -0.2) is 106 Å². The number of nitrogens with zero attached hydrogens (tertiary/aromatic N) is 2. The third-order valence-electron chi connectivity index (χ3n) is 3.26. The SMILES string of the molecule is C.C.C.C.C.C.C.C.CC(C[N+](C)(C)C[N+](C)(C)CC(C)OCCO)OCCO. The number of rotatable bonds is 12. The van der Waals surface area contributed by atoms with Gasteiger partial charge >= 0.3 is 0 Å². The summed E-state index contributed by atoms with van der Waals surface area (Å²) in [6, 6.07) is 0. The number of hydrogen-bond acceptors (Lipinski definition) is 4. The highest BCUT2D eigenvalue weighted by molar-refractivity contribution is 4.49. The van der Waals surface area contributed by atoms with Gasteiger partial charge in [-0.2, -0.15) is 0 Å². The average molecular weight is 437 g/mol. The van der Waals surface area contributed by atoms with Crippen LogP contribution in [-0.2, 0) is 9.47 Å². The van der Waals surface area contributed by atoms with Gasteiger partial charge in [0.15, 0.2) is 0 Å². The lowest BCUT2D eigenvalue weighted by Crippen LogP contribution is -2.59. The minimum Gasteiger partial charge on any atom is -0.394 e. The van der Waals surface area contributed by atoms with E-state index in [1.54, 1.807) is 0 Å². The van der Waals surface area contributed by atoms with Crippen LogP contribution < -0.4 is 0 Å². The van der Waals surface area contributed by atoms with Crippen molar-refractivity contribution in [2.24, 2.45) is 0 Å². The first-order chi connectivity index (χ1) is 9.62. The van der Waals surface area contributed by atoms with Crippen molar-refractivity contribution in [1.82, 2.24) is 0 Å². The fourth-order valence-corrected chi connectivity index (χ4v) is 3.16. The summed E-state index contributed by atoms with van der Waals surface area (Å²) in [6.07, 6.45) is 0.241. The van der Waals surface area contributed by atoms with Crippen molar-refractivity contribution in [1.29, 1.82) is 0 Å². The van der Waals surface area contributed by atoms with Gasteiger partial charge in [0.25, 0.3) is 0 Å². The van der Waals surface area contributed by atoms with Crippen LogP contribution >= 0.6 is 0 Å². The number of aliphatic hydroxyl groups is 2. The van der Waals surface area contributed by atoms with E-state index in [0.29, 0.717) is 13.2 Å². The zero-order valence-corrected chi connectivity index (χ0v) is 14.7. The van der Waals surface area contributed by atoms with E-state index in [4.69, 9.17) is 19.7 Å². The monoisotopic (exact) mass is 437 g/mol. The van der Waals surface area contributed by atoms with Crippen LogP contribution in [0.4, 0.5) is 0 Å². The third kappa shape index (κ3) is 32.6. The Morgan fingerprint density at radius 3 is 1.03 bits per heavy atom. The van der Waals surface area contributed by atoms with Crippen LogP contribution in [0, 0.1) is 0 Å². The molecule has 2 unspecified atom stereocenters. The molecule has 0 saturated heterocycles. The summed E-state index contributed by atoms with van der Waals surface area (Å²) >= 11 is 0. The zero-order valence-electron chi connectivity index (χ0n) is 14.7. The Labute approximate surface area is 189 Å². The molecule has 2 N–H and O–H groups in total. The van der Waals surface area contributed by atoms with Gasteiger partial charge < -0.3 is 19.7 Å². The fourth-order valence-electron chi connectivity index (χ4n) is 3.16. The second kappa shape index (κ2) is 27.8. The number of likely N-dealkylation sites (N-methyl/N-ethyl adjacent to an activating group) is 2. The Balaban J connectivity index is -0.0000000714. The molecule has 0 radical (unpaired) electrons. The first-order valence-corrected chi connectivity index (χ1v) is 7.71. The molecule has 0 aromatic heterocycles. The second-order valence-corrected chi connectivity index (χ2v) is 7.19. The summed E-state index contributed by atoms with van der Waals surface area (Å²) in [4.78, 5) is 0. The van der Waals surface area contributed by atoms with Gasteiger partial charge in [-0.05, 0) is 13.8 Å². The van der Waals surface area contributed by atoms with Crippen LogP contribution in [0.25, 0.3) is 0 Å². The number of aliphatic hydroxyl groups excluding tert-OH is 2. The summed E-state index contributed by atoms with van der Waals surface area (Å²) in [7, 11) is 8.77. The first kappa shape index (κ1) is 56.8. The first-order valence-electron chi connectivity index (χ1n) is 7.71. The molecule has 2 atom stereocenters. The standard InChI is InChI=1S/C15H36N2O4.8CH4/c1-14(20-9-7-18)11-16(3,4)13-17(5,6)12-15(2)21-10-8-19;;;;;;;;/h14-15,18-19H,7-13H2,1-6H3;8*1H4/q+2;;;;;;;;. The van der Waals surface area contributed by atoms with Gasteiger partial charge in [-0.15, -0.1) is 0 Å². The van der Waals surface area contributed by atoms with E-state index in [0.717, 1.165) is 28.7 Å². The van der Waals surface area contributed by atoms with Gasteiger partial charge in [-0.1, -0.05) is 59.4 Å². The third-order valence-corrected chi connectivity index (χ3v) is 3.26. The summed E-state index contributed by atoms with van der Waals surface area (Å²) in [5, 5.41) is 17.6. The highest BCUT2D eigenvalue weighted by Crippen LogP contribution is 2.11. The predicted octanol–water partition coefficient (Wildman–Crippen LogP) is 4.98. The molecule has 6 heteroatoms. The van der Waals surface area contributed by atoms with Crippen molar-refractivity contribution in [3.63, 3.8) is 0 Å². The molecule has 192 valence electrons. The topological polar surface area (TPSA) is 58.9 Å². The van der Waals surface area contributed by atoms with E-state index >= 15 is 0 Å². The summed E-state index contributed by atoms with van der Waals surface area (Å²) < 4.78 is 12.8. The largest absolute Gasteiger partial charge is 0.394 e. The lowest BCUT2D eigenvalue weighted by Gasteiger charge is -2.40. The van der Waals surface area contributed by atoms with Crippen molar-refractivity contribution >= 4 is 0 Å². The lowest BCUT2D eigenvalue weighted by atomic mass is 10.3. The Morgan fingerprint density at radius 2 is 0.828 bits per heavy atom. The number of hydrogen-bond donors (Lipinski definition) is 2. The smallest absolute Gasteiger partial charge is 0.206 e. The van der Waals surface area contributed by atoms with Crippen molar-refractivity contribution in [2.75, 3.05) is 74.4 Å². The quantitative estimate of drug-likeness (QED) is 0.334. The average Bonchev–Trinajstić information content (AvgIpc) is 2.30. The van der Waals surface area contributed by atoms with Crippen molar-refractivity contribution in [2.45, 2.75) is 85.5 Å². The van der Waals surface area contributed by atoms with E-state index in [2.05, 4.69) is 28.2 Å². The molecular weight excluding hydrogens is 368 g/mol. The molecule has 0 aliphatic heterocycles. The lowest BCUT2D eigenvalue weighted by molar-refractivity contribution is -1.07. The van der Waals surface area contributed by atoms with E-state index < -0.39 is 0 Å². The van der Waals surface area contributed by atoms with E-state index in [1.165, 1.54) is 0 Å².